The van der Waals surface area contributed by atoms with Crippen LogP contribution < -0.4 is 5.32 Å². The summed E-state index contributed by atoms with van der Waals surface area (Å²) in [4.78, 5) is 0. The first kappa shape index (κ1) is 16.8. The third-order valence-corrected chi connectivity index (χ3v) is 5.18. The molecular weight excluding hydrogens is 285 g/mol. The van der Waals surface area contributed by atoms with Gasteiger partial charge in [0.25, 0.3) is 0 Å². The fourth-order valence-corrected chi connectivity index (χ4v) is 3.80. The van der Waals surface area contributed by atoms with E-state index >= 15 is 0 Å². The molecule has 0 heterocycles. The van der Waals surface area contributed by atoms with Crippen molar-refractivity contribution in [1.29, 1.82) is 0 Å². The van der Waals surface area contributed by atoms with Crippen molar-refractivity contribution >= 4 is 11.6 Å². The average molecular weight is 312 g/mol. The van der Waals surface area contributed by atoms with Crippen LogP contribution >= 0.6 is 11.6 Å². The van der Waals surface area contributed by atoms with E-state index in [9.17, 15) is 4.39 Å². The molecule has 1 saturated carbocycles. The molecule has 1 aliphatic carbocycles. The zero-order valence-corrected chi connectivity index (χ0v) is 13.9. The Bertz CT molecular complexity index is 441. The van der Waals surface area contributed by atoms with Crippen molar-refractivity contribution in [1.82, 2.24) is 5.32 Å². The molecule has 1 aromatic rings. The van der Waals surface area contributed by atoms with Gasteiger partial charge in [0.15, 0.2) is 0 Å². The molecule has 1 fully saturated rings. The molecule has 0 saturated heterocycles. The standard InChI is InChI=1S/C18H27ClFN/c1-3-11-21-18(14-7-5-13(4-2)6-8-14)16-10-9-15(20)12-17(16)19/h9-10,12-14,18,21H,3-8,11H2,1-2H3. The van der Waals surface area contributed by atoms with E-state index in [1.54, 1.807) is 0 Å². The smallest absolute Gasteiger partial charge is 0.124 e. The van der Waals surface area contributed by atoms with Crippen molar-refractivity contribution in [2.45, 2.75) is 58.4 Å². The second kappa shape index (κ2) is 8.14. The Kier molecular flexibility index (Phi) is 6.50. The molecule has 1 atom stereocenters. The molecule has 0 bridgehead atoms. The molecule has 118 valence electrons. The summed E-state index contributed by atoms with van der Waals surface area (Å²) in [5.74, 6) is 1.24. The van der Waals surface area contributed by atoms with Gasteiger partial charge in [-0.3, -0.25) is 0 Å². The summed E-state index contributed by atoms with van der Waals surface area (Å²) in [5, 5.41) is 4.20. The fourth-order valence-electron chi connectivity index (χ4n) is 3.51. The lowest BCUT2D eigenvalue weighted by Crippen LogP contribution is -2.31. The first-order valence-corrected chi connectivity index (χ1v) is 8.71. The summed E-state index contributed by atoms with van der Waals surface area (Å²) in [6, 6.07) is 5.09. The fraction of sp³-hybridized carbons (Fsp3) is 0.667. The first-order valence-electron chi connectivity index (χ1n) is 8.34. The van der Waals surface area contributed by atoms with Crippen LogP contribution in [0.4, 0.5) is 4.39 Å². The van der Waals surface area contributed by atoms with Crippen molar-refractivity contribution in [3.05, 3.63) is 34.6 Å². The minimum atomic E-state index is -0.257. The van der Waals surface area contributed by atoms with E-state index in [1.807, 2.05) is 6.07 Å². The molecule has 21 heavy (non-hydrogen) atoms. The van der Waals surface area contributed by atoms with Crippen molar-refractivity contribution in [2.75, 3.05) is 6.54 Å². The second-order valence-corrected chi connectivity index (χ2v) is 6.69. The molecule has 0 aliphatic heterocycles. The maximum absolute atomic E-state index is 13.3. The number of benzene rings is 1. The lowest BCUT2D eigenvalue weighted by molar-refractivity contribution is 0.219. The van der Waals surface area contributed by atoms with Crippen molar-refractivity contribution in [2.24, 2.45) is 11.8 Å². The van der Waals surface area contributed by atoms with Gasteiger partial charge in [-0.25, -0.2) is 4.39 Å². The predicted octanol–water partition coefficient (Wildman–Crippen LogP) is 5.74. The molecular formula is C18H27ClFN. The van der Waals surface area contributed by atoms with Crippen LogP contribution in [0.25, 0.3) is 0 Å². The van der Waals surface area contributed by atoms with Crippen LogP contribution in [0.1, 0.15) is 64.0 Å². The van der Waals surface area contributed by atoms with Gasteiger partial charge >= 0.3 is 0 Å². The monoisotopic (exact) mass is 311 g/mol. The highest BCUT2D eigenvalue weighted by Crippen LogP contribution is 2.39. The summed E-state index contributed by atoms with van der Waals surface area (Å²) in [5.41, 5.74) is 1.06. The van der Waals surface area contributed by atoms with Gasteiger partial charge in [-0.05, 0) is 55.3 Å². The molecule has 1 aromatic carbocycles. The van der Waals surface area contributed by atoms with Crippen LogP contribution in [-0.2, 0) is 0 Å². The van der Waals surface area contributed by atoms with Crippen LogP contribution in [0.15, 0.2) is 18.2 Å². The lowest BCUT2D eigenvalue weighted by Gasteiger charge is -2.35. The summed E-state index contributed by atoms with van der Waals surface area (Å²) in [6.45, 7) is 5.44. The van der Waals surface area contributed by atoms with Crippen molar-refractivity contribution < 1.29 is 4.39 Å². The van der Waals surface area contributed by atoms with Gasteiger partial charge in [0, 0.05) is 11.1 Å². The van der Waals surface area contributed by atoms with E-state index in [0.717, 1.165) is 24.4 Å². The Hall–Kier alpha value is -0.600. The minimum Gasteiger partial charge on any atom is -0.310 e. The summed E-state index contributed by atoms with van der Waals surface area (Å²) in [6.07, 6.45) is 7.49. The van der Waals surface area contributed by atoms with Gasteiger partial charge in [0.2, 0.25) is 0 Å². The lowest BCUT2D eigenvalue weighted by atomic mass is 9.76. The van der Waals surface area contributed by atoms with Gasteiger partial charge in [-0.2, -0.15) is 0 Å². The van der Waals surface area contributed by atoms with Crippen LogP contribution in [0.5, 0.6) is 0 Å². The van der Waals surface area contributed by atoms with Gasteiger partial charge in [-0.1, -0.05) is 50.8 Å². The zero-order valence-electron chi connectivity index (χ0n) is 13.2. The first-order chi connectivity index (χ1) is 10.2. The number of hydrogen-bond donors (Lipinski definition) is 1. The molecule has 1 unspecified atom stereocenters. The predicted molar refractivity (Wildman–Crippen MR) is 88.2 cm³/mol. The van der Waals surface area contributed by atoms with Crippen LogP contribution in [0.3, 0.4) is 0 Å². The maximum atomic E-state index is 13.3. The number of rotatable bonds is 6. The van der Waals surface area contributed by atoms with E-state index in [2.05, 4.69) is 19.2 Å². The molecule has 1 N–H and O–H groups in total. The molecule has 0 amide bonds. The Labute approximate surface area is 133 Å². The third-order valence-electron chi connectivity index (χ3n) is 4.85. The van der Waals surface area contributed by atoms with Gasteiger partial charge in [0.05, 0.1) is 0 Å². The highest BCUT2D eigenvalue weighted by atomic mass is 35.5. The van der Waals surface area contributed by atoms with Crippen molar-refractivity contribution in [3.63, 3.8) is 0 Å². The van der Waals surface area contributed by atoms with E-state index in [1.165, 1.54) is 44.2 Å². The zero-order chi connectivity index (χ0) is 15.2. The molecule has 0 radical (unpaired) electrons. The Morgan fingerprint density at radius 1 is 1.24 bits per heavy atom. The highest BCUT2D eigenvalue weighted by Gasteiger charge is 2.28. The maximum Gasteiger partial charge on any atom is 0.124 e. The normalized spacial score (nSPS) is 24.0. The molecule has 0 aromatic heterocycles. The Balaban J connectivity index is 2.14. The minimum absolute atomic E-state index is 0.257. The Morgan fingerprint density at radius 2 is 1.95 bits per heavy atom. The number of hydrogen-bond acceptors (Lipinski definition) is 1. The van der Waals surface area contributed by atoms with E-state index in [4.69, 9.17) is 11.6 Å². The molecule has 2 rings (SSSR count). The Morgan fingerprint density at radius 3 is 2.52 bits per heavy atom. The van der Waals surface area contributed by atoms with E-state index in [-0.39, 0.29) is 11.9 Å². The quantitative estimate of drug-likeness (QED) is 0.706. The van der Waals surface area contributed by atoms with E-state index < -0.39 is 0 Å². The van der Waals surface area contributed by atoms with E-state index in [0.29, 0.717) is 10.9 Å². The largest absolute Gasteiger partial charge is 0.310 e. The summed E-state index contributed by atoms with van der Waals surface area (Å²) in [7, 11) is 0. The summed E-state index contributed by atoms with van der Waals surface area (Å²) < 4.78 is 13.3. The number of halogens is 2. The average Bonchev–Trinajstić information content (AvgIpc) is 2.50. The number of nitrogens with one attached hydrogen (secondary N) is 1. The van der Waals surface area contributed by atoms with Gasteiger partial charge in [-0.15, -0.1) is 0 Å². The van der Waals surface area contributed by atoms with Gasteiger partial charge in [0.1, 0.15) is 5.82 Å². The summed E-state index contributed by atoms with van der Waals surface area (Å²) >= 11 is 6.30. The third kappa shape index (κ3) is 4.43. The molecule has 1 nitrogen and oxygen atoms in total. The van der Waals surface area contributed by atoms with Crippen LogP contribution in [0.2, 0.25) is 5.02 Å². The van der Waals surface area contributed by atoms with Crippen molar-refractivity contribution in [3.8, 4) is 0 Å². The topological polar surface area (TPSA) is 12.0 Å². The van der Waals surface area contributed by atoms with Crippen LogP contribution in [0, 0.1) is 17.7 Å². The highest BCUT2D eigenvalue weighted by molar-refractivity contribution is 6.31. The SMILES string of the molecule is CCCNC(c1ccc(F)cc1Cl)C1CCC(CC)CC1. The molecule has 0 spiro atoms. The molecule has 3 heteroatoms. The van der Waals surface area contributed by atoms with Crippen LogP contribution in [-0.4, -0.2) is 6.54 Å². The van der Waals surface area contributed by atoms with Gasteiger partial charge < -0.3 is 5.32 Å². The second-order valence-electron chi connectivity index (χ2n) is 6.29. The molecule has 1 aliphatic rings.